The summed E-state index contributed by atoms with van der Waals surface area (Å²) in [4.78, 5) is -0.0242. The zero-order valence-electron chi connectivity index (χ0n) is 10.8. The summed E-state index contributed by atoms with van der Waals surface area (Å²) >= 11 is 0. The Balaban J connectivity index is 3.01. The number of rotatable bonds is 4. The van der Waals surface area contributed by atoms with Crippen molar-refractivity contribution in [3.63, 3.8) is 0 Å². The predicted molar refractivity (Wildman–Crippen MR) is 65.8 cm³/mol. The molecule has 0 aliphatic heterocycles. The molecule has 0 bridgehead atoms. The first-order valence-corrected chi connectivity index (χ1v) is 7.49. The van der Waals surface area contributed by atoms with Crippen LogP contribution in [0.4, 0.5) is 13.2 Å². The van der Waals surface area contributed by atoms with Gasteiger partial charge in [-0.15, -0.1) is 0 Å². The van der Waals surface area contributed by atoms with Crippen LogP contribution in [0.5, 0.6) is 0 Å². The molecule has 0 spiro atoms. The van der Waals surface area contributed by atoms with E-state index in [1.807, 2.05) is 0 Å². The molecular weight excluding hydrogens is 297 g/mol. The summed E-state index contributed by atoms with van der Waals surface area (Å²) in [6, 6.07) is 4.67. The molecule has 0 aromatic heterocycles. The Hall–Kier alpha value is -1.12. The molecule has 1 aromatic carbocycles. The van der Waals surface area contributed by atoms with Gasteiger partial charge < -0.3 is 10.2 Å². The van der Waals surface area contributed by atoms with Crippen LogP contribution in [0.3, 0.4) is 0 Å². The fourth-order valence-electron chi connectivity index (χ4n) is 1.76. The van der Waals surface area contributed by atoms with Crippen molar-refractivity contribution in [3.8, 4) is 0 Å². The third-order valence-electron chi connectivity index (χ3n) is 2.77. The van der Waals surface area contributed by atoms with Gasteiger partial charge in [-0.3, -0.25) is 0 Å². The highest BCUT2D eigenvalue weighted by molar-refractivity contribution is 7.90. The van der Waals surface area contributed by atoms with E-state index in [1.54, 1.807) is 0 Å². The van der Waals surface area contributed by atoms with Crippen molar-refractivity contribution in [2.24, 2.45) is 0 Å². The summed E-state index contributed by atoms with van der Waals surface area (Å²) in [7, 11) is -3.43. The minimum Gasteiger partial charge on any atom is -0.387 e. The van der Waals surface area contributed by atoms with Crippen molar-refractivity contribution in [1.29, 1.82) is 0 Å². The van der Waals surface area contributed by atoms with E-state index in [0.29, 0.717) is 0 Å². The third-order valence-corrected chi connectivity index (χ3v) is 3.90. The van der Waals surface area contributed by atoms with Crippen LogP contribution in [0, 0.1) is 0 Å². The van der Waals surface area contributed by atoms with Gasteiger partial charge in [-0.2, -0.15) is 13.2 Å². The van der Waals surface area contributed by atoms with Gasteiger partial charge in [0.2, 0.25) is 0 Å². The Labute approximate surface area is 114 Å². The summed E-state index contributed by atoms with van der Waals surface area (Å²) in [5.74, 6) is 0. The molecule has 4 nitrogen and oxygen atoms in total. The SMILES string of the molecule is CC(O)(CC(F)(F)F)C(O)c1ccc(S(C)(=O)=O)cc1. The molecular formula is C12H15F3O4S. The van der Waals surface area contributed by atoms with Crippen molar-refractivity contribution in [3.05, 3.63) is 29.8 Å². The lowest BCUT2D eigenvalue weighted by atomic mass is 9.90. The monoisotopic (exact) mass is 312 g/mol. The number of halogens is 3. The zero-order chi connectivity index (χ0) is 15.8. The van der Waals surface area contributed by atoms with E-state index in [9.17, 15) is 31.8 Å². The molecule has 0 amide bonds. The van der Waals surface area contributed by atoms with Crippen molar-refractivity contribution in [2.75, 3.05) is 6.26 Å². The van der Waals surface area contributed by atoms with Gasteiger partial charge >= 0.3 is 6.18 Å². The number of benzene rings is 1. The summed E-state index contributed by atoms with van der Waals surface area (Å²) in [6.45, 7) is 0.871. The van der Waals surface area contributed by atoms with Crippen molar-refractivity contribution in [1.82, 2.24) is 0 Å². The molecule has 2 N–H and O–H groups in total. The highest BCUT2D eigenvalue weighted by Gasteiger charge is 2.43. The lowest BCUT2D eigenvalue weighted by Gasteiger charge is -2.30. The summed E-state index contributed by atoms with van der Waals surface area (Å²) in [6.07, 6.45) is -7.00. The number of hydrogen-bond donors (Lipinski definition) is 2. The van der Waals surface area contributed by atoms with E-state index >= 15 is 0 Å². The normalized spacial score (nSPS) is 17.6. The van der Waals surface area contributed by atoms with Crippen LogP contribution in [0.25, 0.3) is 0 Å². The molecule has 20 heavy (non-hydrogen) atoms. The van der Waals surface area contributed by atoms with Crippen LogP contribution >= 0.6 is 0 Å². The van der Waals surface area contributed by atoms with Gasteiger partial charge in [0.05, 0.1) is 11.3 Å². The Morgan fingerprint density at radius 2 is 1.65 bits per heavy atom. The topological polar surface area (TPSA) is 74.6 Å². The average molecular weight is 312 g/mol. The molecule has 0 radical (unpaired) electrons. The quantitative estimate of drug-likeness (QED) is 0.889. The Morgan fingerprint density at radius 3 is 2.00 bits per heavy atom. The molecule has 0 aliphatic carbocycles. The second kappa shape index (κ2) is 5.34. The van der Waals surface area contributed by atoms with Gasteiger partial charge in [0.15, 0.2) is 9.84 Å². The molecule has 2 atom stereocenters. The molecule has 0 saturated carbocycles. The Kier molecular flexibility index (Phi) is 4.52. The molecule has 1 aromatic rings. The van der Waals surface area contributed by atoms with Gasteiger partial charge in [-0.25, -0.2) is 8.42 Å². The van der Waals surface area contributed by atoms with Gasteiger partial charge in [0.1, 0.15) is 11.7 Å². The highest BCUT2D eigenvalue weighted by atomic mass is 32.2. The molecule has 1 rings (SSSR count). The van der Waals surface area contributed by atoms with E-state index in [0.717, 1.165) is 25.3 Å². The third kappa shape index (κ3) is 4.46. The summed E-state index contributed by atoms with van der Waals surface area (Å²) < 4.78 is 59.4. The number of hydrogen-bond acceptors (Lipinski definition) is 4. The van der Waals surface area contributed by atoms with E-state index in [1.165, 1.54) is 12.1 Å². The maximum absolute atomic E-state index is 12.3. The summed E-state index contributed by atoms with van der Waals surface area (Å²) in [5.41, 5.74) is -2.39. The standard InChI is InChI=1S/C12H15F3O4S/c1-11(17,7-12(13,14)15)10(16)8-3-5-9(6-4-8)20(2,18)19/h3-6,10,16-17H,7H2,1-2H3. The highest BCUT2D eigenvalue weighted by Crippen LogP contribution is 2.36. The van der Waals surface area contributed by atoms with Crippen molar-refractivity contribution >= 4 is 9.84 Å². The second-order valence-electron chi connectivity index (χ2n) is 4.89. The minimum atomic E-state index is -4.63. The smallest absolute Gasteiger partial charge is 0.387 e. The lowest BCUT2D eigenvalue weighted by molar-refractivity contribution is -0.194. The van der Waals surface area contributed by atoms with E-state index in [4.69, 9.17) is 0 Å². The van der Waals surface area contributed by atoms with Crippen LogP contribution in [0.2, 0.25) is 0 Å². The van der Waals surface area contributed by atoms with Crippen LogP contribution < -0.4 is 0 Å². The molecule has 0 fully saturated rings. The molecule has 114 valence electrons. The molecule has 8 heteroatoms. The minimum absolute atomic E-state index is 0.00616. The molecule has 2 unspecified atom stereocenters. The maximum Gasteiger partial charge on any atom is 0.391 e. The van der Waals surface area contributed by atoms with Crippen LogP contribution in [0.1, 0.15) is 25.0 Å². The zero-order valence-corrected chi connectivity index (χ0v) is 11.7. The van der Waals surface area contributed by atoms with Gasteiger partial charge in [-0.1, -0.05) is 12.1 Å². The van der Waals surface area contributed by atoms with E-state index in [-0.39, 0.29) is 10.5 Å². The Bertz CT molecular complexity index is 561. The number of sulfone groups is 1. The number of aliphatic hydroxyl groups is 2. The molecule has 0 aliphatic rings. The predicted octanol–water partition coefficient (Wildman–Crippen LogP) is 1.83. The lowest BCUT2D eigenvalue weighted by Crippen LogP contribution is -2.37. The van der Waals surface area contributed by atoms with Gasteiger partial charge in [0.25, 0.3) is 0 Å². The largest absolute Gasteiger partial charge is 0.391 e. The fraction of sp³-hybridized carbons (Fsp3) is 0.500. The van der Waals surface area contributed by atoms with E-state index < -0.39 is 34.1 Å². The van der Waals surface area contributed by atoms with Crippen LogP contribution in [0.15, 0.2) is 29.2 Å². The summed E-state index contributed by atoms with van der Waals surface area (Å²) in [5, 5.41) is 19.5. The first-order valence-electron chi connectivity index (χ1n) is 5.60. The van der Waals surface area contributed by atoms with Crippen LogP contribution in [-0.4, -0.2) is 36.7 Å². The van der Waals surface area contributed by atoms with E-state index in [2.05, 4.69) is 0 Å². The van der Waals surface area contributed by atoms with Crippen molar-refractivity contribution in [2.45, 2.75) is 36.1 Å². The van der Waals surface area contributed by atoms with Crippen molar-refractivity contribution < 1.29 is 31.8 Å². The first-order chi connectivity index (χ1) is 8.83. The maximum atomic E-state index is 12.3. The number of aliphatic hydroxyl groups excluding tert-OH is 1. The molecule has 0 saturated heterocycles. The van der Waals surface area contributed by atoms with Gasteiger partial charge in [0, 0.05) is 6.26 Å². The van der Waals surface area contributed by atoms with Gasteiger partial charge in [-0.05, 0) is 24.6 Å². The average Bonchev–Trinajstić information content (AvgIpc) is 2.24. The van der Waals surface area contributed by atoms with Crippen LogP contribution in [-0.2, 0) is 9.84 Å². The first kappa shape index (κ1) is 16.9. The number of alkyl halides is 3. The second-order valence-corrected chi connectivity index (χ2v) is 6.91. The molecule has 0 heterocycles. The Morgan fingerprint density at radius 1 is 1.20 bits per heavy atom. The fourth-order valence-corrected chi connectivity index (χ4v) is 2.39.